The first kappa shape index (κ1) is 15.2. The number of amidine groups is 1. The number of hydrogen-bond donors (Lipinski definition) is 1. The Kier molecular flexibility index (Phi) is 4.39. The van der Waals surface area contributed by atoms with Crippen LogP contribution in [-0.4, -0.2) is 30.8 Å². The molecule has 1 unspecified atom stereocenters. The molecule has 0 saturated heterocycles. The van der Waals surface area contributed by atoms with Crippen LogP contribution in [0, 0.1) is 0 Å². The van der Waals surface area contributed by atoms with E-state index >= 15 is 0 Å². The van der Waals surface area contributed by atoms with Gasteiger partial charge in [0, 0.05) is 17.7 Å². The second-order valence-electron chi connectivity index (χ2n) is 5.27. The lowest BCUT2D eigenvalue weighted by molar-refractivity contribution is 0.112. The summed E-state index contributed by atoms with van der Waals surface area (Å²) >= 11 is 0. The van der Waals surface area contributed by atoms with Crippen molar-refractivity contribution in [3.05, 3.63) is 65.2 Å². The topological polar surface area (TPSA) is 53.9 Å². The molecule has 0 aromatic heterocycles. The number of rotatable bonds is 5. The lowest BCUT2D eigenvalue weighted by Gasteiger charge is -2.21. The Hall–Kier alpha value is -2.66. The van der Waals surface area contributed by atoms with Crippen molar-refractivity contribution in [2.75, 3.05) is 13.7 Å². The van der Waals surface area contributed by atoms with Gasteiger partial charge in [-0.3, -0.25) is 4.79 Å². The molecule has 0 amide bonds. The highest BCUT2D eigenvalue weighted by molar-refractivity contribution is 5.99. The second kappa shape index (κ2) is 6.62. The van der Waals surface area contributed by atoms with Crippen molar-refractivity contribution in [1.29, 1.82) is 0 Å². The molecular formula is C18H19N3O2. The van der Waals surface area contributed by atoms with E-state index < -0.39 is 0 Å². The Morgan fingerprint density at radius 3 is 2.70 bits per heavy atom. The number of hydrogen-bond acceptors (Lipinski definition) is 5. The quantitative estimate of drug-likeness (QED) is 0.863. The van der Waals surface area contributed by atoms with Gasteiger partial charge in [-0.1, -0.05) is 25.1 Å². The monoisotopic (exact) mass is 309 g/mol. The fourth-order valence-electron chi connectivity index (χ4n) is 2.61. The molecule has 2 aromatic rings. The number of aldehydes is 1. The maximum Gasteiger partial charge on any atom is 0.150 e. The van der Waals surface area contributed by atoms with Gasteiger partial charge < -0.3 is 10.2 Å². The molecule has 0 bridgehead atoms. The first-order valence-corrected chi connectivity index (χ1v) is 7.56. The van der Waals surface area contributed by atoms with Gasteiger partial charge in [0.2, 0.25) is 0 Å². The molecular weight excluding hydrogens is 290 g/mol. The molecule has 23 heavy (non-hydrogen) atoms. The molecule has 1 aliphatic rings. The zero-order valence-corrected chi connectivity index (χ0v) is 13.2. The first-order valence-electron chi connectivity index (χ1n) is 7.56. The first-order chi connectivity index (χ1) is 11.2. The Morgan fingerprint density at radius 1 is 1.26 bits per heavy atom. The van der Waals surface area contributed by atoms with Crippen LogP contribution in [0.2, 0.25) is 0 Å². The predicted molar refractivity (Wildman–Crippen MR) is 89.6 cm³/mol. The number of ether oxygens (including phenoxy) is 1. The minimum Gasteiger partial charge on any atom is -0.497 e. The molecule has 0 fully saturated rings. The predicted octanol–water partition coefficient (Wildman–Crippen LogP) is 2.79. The smallest absolute Gasteiger partial charge is 0.150 e. The van der Waals surface area contributed by atoms with Gasteiger partial charge in [-0.15, -0.1) is 0 Å². The number of carbonyl (C=O) groups excluding carboxylic acids is 1. The van der Waals surface area contributed by atoms with E-state index in [0.29, 0.717) is 5.56 Å². The Balaban J connectivity index is 1.92. The van der Waals surface area contributed by atoms with E-state index in [9.17, 15) is 4.79 Å². The lowest BCUT2D eigenvalue weighted by atomic mass is 10.1. The van der Waals surface area contributed by atoms with Crippen molar-refractivity contribution >= 4 is 12.1 Å². The average molecular weight is 309 g/mol. The van der Waals surface area contributed by atoms with Gasteiger partial charge in [0.05, 0.1) is 7.11 Å². The van der Waals surface area contributed by atoms with Crippen LogP contribution in [0.25, 0.3) is 0 Å². The van der Waals surface area contributed by atoms with E-state index in [2.05, 4.69) is 12.3 Å². The average Bonchev–Trinajstić information content (AvgIpc) is 3.06. The van der Waals surface area contributed by atoms with Gasteiger partial charge in [-0.2, -0.15) is 5.01 Å². The van der Waals surface area contributed by atoms with Crippen LogP contribution in [0.4, 0.5) is 0 Å². The van der Waals surface area contributed by atoms with Crippen LogP contribution in [0.1, 0.15) is 34.6 Å². The van der Waals surface area contributed by atoms with Crippen LogP contribution >= 0.6 is 0 Å². The Morgan fingerprint density at radius 2 is 2.04 bits per heavy atom. The summed E-state index contributed by atoms with van der Waals surface area (Å²) in [6, 6.07) is 15.3. The van der Waals surface area contributed by atoms with Gasteiger partial charge in [-0.25, -0.2) is 4.99 Å². The summed E-state index contributed by atoms with van der Waals surface area (Å²) in [5.41, 5.74) is 5.99. The van der Waals surface area contributed by atoms with E-state index in [1.54, 1.807) is 13.2 Å². The summed E-state index contributed by atoms with van der Waals surface area (Å²) in [5.74, 6) is 1.63. The third kappa shape index (κ3) is 3.10. The molecule has 5 heteroatoms. The number of hydrazine groups is 1. The number of benzene rings is 2. The highest BCUT2D eigenvalue weighted by Crippen LogP contribution is 2.26. The minimum atomic E-state index is -0.142. The fraction of sp³-hybridized carbons (Fsp3) is 0.222. The normalized spacial score (nSPS) is 17.5. The standard InChI is InChI=1S/C18H19N3O2/c1-3-21-18(15-6-4-5-13(11-15)12-22)19-17(20-21)14-7-9-16(23-2)10-8-14/h4-12,18H,3H2,1-2H3,(H,19,20). The Bertz CT molecular complexity index is 725. The fourth-order valence-corrected chi connectivity index (χ4v) is 2.61. The maximum atomic E-state index is 11.0. The molecule has 1 N–H and O–H groups in total. The van der Waals surface area contributed by atoms with Gasteiger partial charge in [0.25, 0.3) is 0 Å². The number of nitrogens with zero attached hydrogens (tertiary/aromatic N) is 2. The SMILES string of the molecule is CCN1NC(c2ccc(OC)cc2)=NC1c1cccc(C=O)c1. The number of aliphatic imine (C=N–C) groups is 1. The number of carbonyl (C=O) groups is 1. The van der Waals surface area contributed by atoms with Crippen molar-refractivity contribution < 1.29 is 9.53 Å². The van der Waals surface area contributed by atoms with Crippen molar-refractivity contribution in [1.82, 2.24) is 10.4 Å². The van der Waals surface area contributed by atoms with E-state index in [4.69, 9.17) is 9.73 Å². The molecule has 3 rings (SSSR count). The van der Waals surface area contributed by atoms with E-state index in [1.807, 2.05) is 47.5 Å². The largest absolute Gasteiger partial charge is 0.497 e. The second-order valence-corrected chi connectivity index (χ2v) is 5.27. The zero-order valence-electron chi connectivity index (χ0n) is 13.2. The molecule has 0 spiro atoms. The lowest BCUT2D eigenvalue weighted by Crippen LogP contribution is -2.37. The molecule has 118 valence electrons. The van der Waals surface area contributed by atoms with Gasteiger partial charge in [0.15, 0.2) is 0 Å². The van der Waals surface area contributed by atoms with Gasteiger partial charge in [0.1, 0.15) is 24.0 Å². The molecule has 2 aromatic carbocycles. The third-order valence-electron chi connectivity index (χ3n) is 3.85. The highest BCUT2D eigenvalue weighted by Gasteiger charge is 2.27. The highest BCUT2D eigenvalue weighted by atomic mass is 16.5. The van der Waals surface area contributed by atoms with Crippen LogP contribution in [0.3, 0.4) is 0 Å². The summed E-state index contributed by atoms with van der Waals surface area (Å²) in [5, 5.41) is 2.05. The molecule has 0 radical (unpaired) electrons. The van der Waals surface area contributed by atoms with Gasteiger partial charge >= 0.3 is 0 Å². The summed E-state index contributed by atoms with van der Waals surface area (Å²) in [6.07, 6.45) is 0.716. The van der Waals surface area contributed by atoms with Crippen LogP contribution < -0.4 is 10.2 Å². The summed E-state index contributed by atoms with van der Waals surface area (Å²) in [7, 11) is 1.65. The number of nitrogens with one attached hydrogen (secondary N) is 1. The van der Waals surface area contributed by atoms with E-state index in [1.165, 1.54) is 0 Å². The Labute approximate surface area is 135 Å². The van der Waals surface area contributed by atoms with Crippen molar-refractivity contribution in [2.45, 2.75) is 13.1 Å². The van der Waals surface area contributed by atoms with E-state index in [0.717, 1.165) is 35.5 Å². The summed E-state index contributed by atoms with van der Waals surface area (Å²) in [6.45, 7) is 2.86. The summed E-state index contributed by atoms with van der Waals surface area (Å²) < 4.78 is 5.19. The minimum absolute atomic E-state index is 0.142. The number of methoxy groups -OCH3 is 1. The van der Waals surface area contributed by atoms with Gasteiger partial charge in [-0.05, 0) is 35.9 Å². The third-order valence-corrected chi connectivity index (χ3v) is 3.85. The summed E-state index contributed by atoms with van der Waals surface area (Å²) in [4.78, 5) is 15.8. The molecule has 1 atom stereocenters. The molecule has 1 heterocycles. The van der Waals surface area contributed by atoms with Crippen LogP contribution in [0.5, 0.6) is 5.75 Å². The van der Waals surface area contributed by atoms with Crippen molar-refractivity contribution in [3.8, 4) is 5.75 Å². The molecule has 0 aliphatic carbocycles. The van der Waals surface area contributed by atoms with Crippen LogP contribution in [-0.2, 0) is 0 Å². The molecule has 1 aliphatic heterocycles. The molecule has 5 nitrogen and oxygen atoms in total. The zero-order chi connectivity index (χ0) is 16.2. The van der Waals surface area contributed by atoms with Crippen molar-refractivity contribution in [3.63, 3.8) is 0 Å². The maximum absolute atomic E-state index is 11.0. The molecule has 0 saturated carbocycles. The van der Waals surface area contributed by atoms with E-state index in [-0.39, 0.29) is 6.17 Å². The van der Waals surface area contributed by atoms with Crippen LogP contribution in [0.15, 0.2) is 53.5 Å². The van der Waals surface area contributed by atoms with Crippen molar-refractivity contribution in [2.24, 2.45) is 4.99 Å².